The molecule has 1 aliphatic rings. The Morgan fingerprint density at radius 3 is 2.55 bits per heavy atom. The van der Waals surface area contributed by atoms with Gasteiger partial charge in [0.05, 0.1) is 11.4 Å². The third-order valence-corrected chi connectivity index (χ3v) is 7.93. The molecule has 0 aliphatic carbocycles. The topological polar surface area (TPSA) is 103 Å². The van der Waals surface area contributed by atoms with Crippen molar-refractivity contribution in [1.29, 1.82) is 0 Å². The normalized spacial score (nSPS) is 13.6. The third kappa shape index (κ3) is 5.18. The van der Waals surface area contributed by atoms with Gasteiger partial charge in [0.2, 0.25) is 0 Å². The lowest BCUT2D eigenvalue weighted by Gasteiger charge is -2.17. The van der Waals surface area contributed by atoms with Crippen LogP contribution in [0.2, 0.25) is 5.02 Å². The van der Waals surface area contributed by atoms with Crippen LogP contribution in [0.15, 0.2) is 74.8 Å². The van der Waals surface area contributed by atoms with E-state index in [0.29, 0.717) is 40.6 Å². The van der Waals surface area contributed by atoms with E-state index in [4.69, 9.17) is 25.8 Å². The fourth-order valence-corrected chi connectivity index (χ4v) is 5.96. The summed E-state index contributed by atoms with van der Waals surface area (Å²) in [4.78, 5) is 33.2. The quantitative estimate of drug-likeness (QED) is 0.236. The molecule has 0 radical (unpaired) electrons. The second kappa shape index (κ2) is 10.8. The molecule has 8 nitrogen and oxygen atoms in total. The number of benzene rings is 3. The Morgan fingerprint density at radius 1 is 1.05 bits per heavy atom. The number of nitrogens with one attached hydrogen (secondary N) is 1. The summed E-state index contributed by atoms with van der Waals surface area (Å²) in [7, 11) is 0. The maximum absolute atomic E-state index is 14.1. The molecule has 0 spiro atoms. The van der Waals surface area contributed by atoms with Crippen LogP contribution >= 0.6 is 11.6 Å². The first-order valence-corrected chi connectivity index (χ1v) is 14.4. The number of ether oxygens (including phenoxy) is 1. The number of aromatic nitrogens is 4. The van der Waals surface area contributed by atoms with E-state index >= 15 is 0 Å². The van der Waals surface area contributed by atoms with Crippen molar-refractivity contribution in [3.63, 3.8) is 0 Å². The number of fused-ring (bicyclic) bond motifs is 1. The van der Waals surface area contributed by atoms with Gasteiger partial charge in [-0.15, -0.1) is 0 Å². The third-order valence-electron chi connectivity index (χ3n) is 7.58. The van der Waals surface area contributed by atoms with E-state index in [9.17, 15) is 9.59 Å². The van der Waals surface area contributed by atoms with Crippen molar-refractivity contribution in [2.75, 3.05) is 0 Å². The number of hydrogen-bond acceptors (Lipinski definition) is 6. The van der Waals surface area contributed by atoms with Crippen LogP contribution in [-0.2, 0) is 19.3 Å². The second-order valence-electron chi connectivity index (χ2n) is 11.3. The fourth-order valence-electron chi connectivity index (χ4n) is 5.71. The number of aromatic amines is 1. The van der Waals surface area contributed by atoms with Gasteiger partial charge in [-0.1, -0.05) is 66.5 Å². The maximum atomic E-state index is 14.1. The summed E-state index contributed by atoms with van der Waals surface area (Å²) in [6.45, 7) is 8.08. The predicted molar refractivity (Wildman–Crippen MR) is 163 cm³/mol. The summed E-state index contributed by atoms with van der Waals surface area (Å²) in [6, 6.07) is 19.2. The molecule has 5 aromatic rings. The van der Waals surface area contributed by atoms with E-state index in [-0.39, 0.29) is 11.2 Å². The number of hydrogen-bond donors (Lipinski definition) is 1. The fraction of sp³-hybridized carbons (Fsp3) is 0.273. The summed E-state index contributed by atoms with van der Waals surface area (Å²) >= 11 is 6.86. The lowest BCUT2D eigenvalue weighted by Crippen LogP contribution is -2.28. The van der Waals surface area contributed by atoms with Gasteiger partial charge in [-0.25, -0.2) is 9.78 Å². The molecule has 0 saturated heterocycles. The van der Waals surface area contributed by atoms with Crippen molar-refractivity contribution >= 4 is 11.6 Å². The first-order chi connectivity index (χ1) is 20.1. The molecule has 0 unspecified atom stereocenters. The molecule has 0 fully saturated rings. The Bertz CT molecular complexity index is 1940. The van der Waals surface area contributed by atoms with Crippen molar-refractivity contribution in [3.8, 4) is 34.0 Å². The first kappa shape index (κ1) is 27.7. The molecular formula is C33H31ClN4O4. The highest BCUT2D eigenvalue weighted by Crippen LogP contribution is 2.36. The zero-order valence-corrected chi connectivity index (χ0v) is 24.7. The summed E-state index contributed by atoms with van der Waals surface area (Å²) in [5.41, 5.74) is 6.14. The van der Waals surface area contributed by atoms with Crippen LogP contribution in [0.25, 0.3) is 28.2 Å². The van der Waals surface area contributed by atoms with Crippen molar-refractivity contribution in [3.05, 3.63) is 115 Å². The molecule has 9 heteroatoms. The summed E-state index contributed by atoms with van der Waals surface area (Å²) in [5, 5.41) is 4.37. The highest BCUT2D eigenvalue weighted by atomic mass is 35.5. The second-order valence-corrected chi connectivity index (χ2v) is 11.7. The first-order valence-electron chi connectivity index (χ1n) is 14.0. The Balaban J connectivity index is 1.39. The van der Waals surface area contributed by atoms with Gasteiger partial charge in [-0.3, -0.25) is 18.9 Å². The lowest BCUT2D eigenvalue weighted by atomic mass is 9.96. The Hall–Kier alpha value is -4.43. The van der Waals surface area contributed by atoms with Crippen LogP contribution in [0.4, 0.5) is 0 Å². The molecule has 0 amide bonds. The highest BCUT2D eigenvalue weighted by molar-refractivity contribution is 6.31. The van der Waals surface area contributed by atoms with E-state index in [1.165, 1.54) is 0 Å². The number of rotatable bonds is 7. The van der Waals surface area contributed by atoms with Crippen molar-refractivity contribution in [2.45, 2.75) is 59.0 Å². The highest BCUT2D eigenvalue weighted by Gasteiger charge is 2.30. The van der Waals surface area contributed by atoms with Gasteiger partial charge >= 0.3 is 5.76 Å². The minimum absolute atomic E-state index is 0.0930. The lowest BCUT2D eigenvalue weighted by molar-refractivity contribution is 0.138. The number of aryl methyl sites for hydroxylation is 2. The molecule has 2 aromatic heterocycles. The van der Waals surface area contributed by atoms with Gasteiger partial charge in [0.1, 0.15) is 17.2 Å². The van der Waals surface area contributed by atoms with E-state index in [2.05, 4.69) is 30.9 Å². The predicted octanol–water partition coefficient (Wildman–Crippen LogP) is 6.46. The monoisotopic (exact) mass is 582 g/mol. The molecule has 1 aliphatic heterocycles. The molecule has 0 atom stereocenters. The maximum Gasteiger partial charge on any atom is 0.439 e. The Labute approximate surface area is 248 Å². The molecule has 214 valence electrons. The van der Waals surface area contributed by atoms with E-state index in [1.807, 2.05) is 67.6 Å². The molecular weight excluding hydrogens is 552 g/mol. The molecule has 0 bridgehead atoms. The molecule has 3 heterocycles. The van der Waals surface area contributed by atoms with Crippen LogP contribution in [0.1, 0.15) is 55.4 Å². The van der Waals surface area contributed by atoms with Crippen molar-refractivity contribution in [1.82, 2.24) is 19.7 Å². The van der Waals surface area contributed by atoms with Gasteiger partial charge < -0.3 is 4.74 Å². The van der Waals surface area contributed by atoms with Crippen molar-refractivity contribution in [2.24, 2.45) is 0 Å². The van der Waals surface area contributed by atoms with E-state index in [1.54, 1.807) is 4.57 Å². The average molecular weight is 583 g/mol. The van der Waals surface area contributed by atoms with Crippen LogP contribution in [-0.4, -0.2) is 25.3 Å². The molecule has 0 saturated carbocycles. The minimum atomic E-state index is -0.620. The smallest absolute Gasteiger partial charge is 0.439 e. The molecule has 42 heavy (non-hydrogen) atoms. The average Bonchev–Trinajstić information content (AvgIpc) is 3.52. The number of halogens is 1. The SMILES string of the molecule is CCCc1nc(C)n(-c2ccc3c(c2)CC(C)(C)O3)c(=O)c1Cc1ccc(-c2ccccc2-c2noc(=O)[nH]2)cc1Cl. The van der Waals surface area contributed by atoms with Crippen LogP contribution in [0, 0.1) is 6.92 Å². The Morgan fingerprint density at radius 2 is 1.83 bits per heavy atom. The molecule has 3 aromatic carbocycles. The zero-order valence-electron chi connectivity index (χ0n) is 24.0. The largest absolute Gasteiger partial charge is 0.487 e. The van der Waals surface area contributed by atoms with Gasteiger partial charge in [-0.2, -0.15) is 0 Å². The molecule has 1 N–H and O–H groups in total. The van der Waals surface area contributed by atoms with Crippen LogP contribution < -0.4 is 16.1 Å². The standard InChI is InChI=1S/C33H31ClN4O4/c1-5-8-28-26(31(39)38(19(2)35-28)23-13-14-29-22(15-23)18-33(3,4)41-29)16-21-12-11-20(17-27(21)34)24-9-6-7-10-25(24)30-36-32(40)42-37-30/h6-7,9-15,17H,5,8,16,18H2,1-4H3,(H,36,37,40). The van der Waals surface area contributed by atoms with Gasteiger partial charge in [0.15, 0.2) is 5.82 Å². The summed E-state index contributed by atoms with van der Waals surface area (Å²) < 4.78 is 12.4. The summed E-state index contributed by atoms with van der Waals surface area (Å²) in [5.74, 6) is 1.22. The van der Waals surface area contributed by atoms with Gasteiger partial charge in [0, 0.05) is 34.6 Å². The minimum Gasteiger partial charge on any atom is -0.487 e. The van der Waals surface area contributed by atoms with E-state index < -0.39 is 5.76 Å². The summed E-state index contributed by atoms with van der Waals surface area (Å²) in [6.07, 6.45) is 2.68. The van der Waals surface area contributed by atoms with Crippen LogP contribution in [0.5, 0.6) is 5.75 Å². The van der Waals surface area contributed by atoms with E-state index in [0.717, 1.165) is 52.2 Å². The van der Waals surface area contributed by atoms with Gasteiger partial charge in [0.25, 0.3) is 5.56 Å². The van der Waals surface area contributed by atoms with Crippen LogP contribution in [0.3, 0.4) is 0 Å². The Kier molecular flexibility index (Phi) is 7.10. The zero-order chi connectivity index (χ0) is 29.6. The molecule has 6 rings (SSSR count). The van der Waals surface area contributed by atoms with Gasteiger partial charge in [-0.05, 0) is 68.1 Å². The van der Waals surface area contributed by atoms with Crippen molar-refractivity contribution < 1.29 is 9.26 Å². The number of H-pyrrole nitrogens is 1. The number of nitrogens with zero attached hydrogens (tertiary/aromatic N) is 3.